The van der Waals surface area contributed by atoms with Gasteiger partial charge in [0.2, 0.25) is 0 Å². The highest BCUT2D eigenvalue weighted by Crippen LogP contribution is 2.17. The van der Waals surface area contributed by atoms with Crippen LogP contribution in [0.25, 0.3) is 0 Å². The SMILES string of the molecule is O=C(O)CCCNC(=O)Nc1cc(F)c(F)c(F)c1. The summed E-state index contributed by atoms with van der Waals surface area (Å²) in [6.45, 7) is 0.0876. The Labute approximate surface area is 106 Å². The Hall–Kier alpha value is -2.25. The third-order valence-electron chi connectivity index (χ3n) is 2.09. The van der Waals surface area contributed by atoms with Gasteiger partial charge in [-0.25, -0.2) is 18.0 Å². The topological polar surface area (TPSA) is 78.4 Å². The number of carbonyl (C=O) groups excluding carboxylic acids is 1. The van der Waals surface area contributed by atoms with E-state index < -0.39 is 29.5 Å². The van der Waals surface area contributed by atoms with Crippen molar-refractivity contribution >= 4 is 17.7 Å². The minimum absolute atomic E-state index is 0.0876. The van der Waals surface area contributed by atoms with E-state index in [4.69, 9.17) is 5.11 Å². The molecule has 0 fully saturated rings. The summed E-state index contributed by atoms with van der Waals surface area (Å²) >= 11 is 0. The molecule has 0 aromatic heterocycles. The first-order valence-corrected chi connectivity index (χ1v) is 5.31. The second-order valence-electron chi connectivity index (χ2n) is 3.63. The van der Waals surface area contributed by atoms with E-state index in [9.17, 15) is 22.8 Å². The molecule has 0 aliphatic rings. The number of hydrogen-bond acceptors (Lipinski definition) is 2. The zero-order chi connectivity index (χ0) is 14.4. The van der Waals surface area contributed by atoms with Gasteiger partial charge in [0.25, 0.3) is 0 Å². The van der Waals surface area contributed by atoms with Crippen LogP contribution in [0.5, 0.6) is 0 Å². The van der Waals surface area contributed by atoms with Crippen LogP contribution in [0.3, 0.4) is 0 Å². The summed E-state index contributed by atoms with van der Waals surface area (Å²) in [5.41, 5.74) is -0.243. The molecule has 0 heterocycles. The molecule has 1 aromatic carbocycles. The number of halogens is 3. The Morgan fingerprint density at radius 1 is 1.16 bits per heavy atom. The molecule has 104 valence electrons. The highest BCUT2D eigenvalue weighted by molar-refractivity contribution is 5.89. The van der Waals surface area contributed by atoms with E-state index in [1.165, 1.54) is 0 Å². The van der Waals surface area contributed by atoms with Crippen LogP contribution in [0.4, 0.5) is 23.7 Å². The summed E-state index contributed by atoms with van der Waals surface area (Å²) in [7, 11) is 0. The van der Waals surface area contributed by atoms with Crippen molar-refractivity contribution in [3.63, 3.8) is 0 Å². The number of amides is 2. The Morgan fingerprint density at radius 3 is 2.26 bits per heavy atom. The standard InChI is InChI=1S/C11H11F3N2O3/c12-7-4-6(5-8(13)10(7)14)16-11(19)15-3-1-2-9(17)18/h4-5H,1-3H2,(H,17,18)(H2,15,16,19). The smallest absolute Gasteiger partial charge is 0.319 e. The molecule has 0 saturated heterocycles. The minimum Gasteiger partial charge on any atom is -0.481 e. The van der Waals surface area contributed by atoms with E-state index in [1.807, 2.05) is 0 Å². The molecular formula is C11H11F3N2O3. The van der Waals surface area contributed by atoms with E-state index in [-0.39, 0.29) is 25.1 Å². The molecule has 0 unspecified atom stereocenters. The molecule has 0 aliphatic carbocycles. The predicted octanol–water partition coefficient (Wildman–Crippen LogP) is 2.09. The normalized spacial score (nSPS) is 10.1. The van der Waals surface area contributed by atoms with Crippen molar-refractivity contribution in [1.29, 1.82) is 0 Å². The fourth-order valence-electron chi connectivity index (χ4n) is 1.24. The monoisotopic (exact) mass is 276 g/mol. The molecule has 0 saturated carbocycles. The van der Waals surface area contributed by atoms with E-state index in [0.29, 0.717) is 12.1 Å². The third-order valence-corrected chi connectivity index (χ3v) is 2.09. The van der Waals surface area contributed by atoms with Crippen molar-refractivity contribution in [2.24, 2.45) is 0 Å². The summed E-state index contributed by atoms with van der Waals surface area (Å²) in [6, 6.07) is 0.501. The van der Waals surface area contributed by atoms with Gasteiger partial charge in [-0.1, -0.05) is 0 Å². The number of anilines is 1. The second-order valence-corrected chi connectivity index (χ2v) is 3.63. The van der Waals surface area contributed by atoms with Gasteiger partial charge in [0.15, 0.2) is 17.5 Å². The Balaban J connectivity index is 2.46. The molecule has 3 N–H and O–H groups in total. The van der Waals surface area contributed by atoms with Gasteiger partial charge in [0, 0.05) is 30.8 Å². The maximum atomic E-state index is 12.8. The molecule has 1 rings (SSSR count). The van der Waals surface area contributed by atoms with Crippen LogP contribution in [-0.4, -0.2) is 23.7 Å². The van der Waals surface area contributed by atoms with Gasteiger partial charge >= 0.3 is 12.0 Å². The van der Waals surface area contributed by atoms with Crippen molar-refractivity contribution in [3.05, 3.63) is 29.6 Å². The number of benzene rings is 1. The summed E-state index contributed by atoms with van der Waals surface area (Å²) in [5.74, 6) is -5.44. The summed E-state index contributed by atoms with van der Waals surface area (Å²) < 4.78 is 38.3. The van der Waals surface area contributed by atoms with Crippen molar-refractivity contribution in [2.45, 2.75) is 12.8 Å². The number of rotatable bonds is 5. The van der Waals surface area contributed by atoms with Gasteiger partial charge in [-0.2, -0.15) is 0 Å². The van der Waals surface area contributed by atoms with Gasteiger partial charge in [0.05, 0.1) is 0 Å². The lowest BCUT2D eigenvalue weighted by Gasteiger charge is -2.07. The van der Waals surface area contributed by atoms with Crippen molar-refractivity contribution < 1.29 is 27.9 Å². The Bertz CT molecular complexity index is 471. The summed E-state index contributed by atoms with van der Waals surface area (Å²) in [5, 5.41) is 12.7. The molecule has 0 spiro atoms. The van der Waals surface area contributed by atoms with Crippen LogP contribution in [0, 0.1) is 17.5 Å². The number of carbonyl (C=O) groups is 2. The number of urea groups is 1. The summed E-state index contributed by atoms with van der Waals surface area (Å²) in [6.07, 6.45) is 0.106. The number of carboxylic acid groups (broad SMARTS) is 1. The van der Waals surface area contributed by atoms with Gasteiger partial charge in [-0.15, -0.1) is 0 Å². The van der Waals surface area contributed by atoms with Crippen LogP contribution in [0.2, 0.25) is 0 Å². The van der Waals surface area contributed by atoms with E-state index in [0.717, 1.165) is 0 Å². The molecule has 0 atom stereocenters. The minimum atomic E-state index is -1.62. The number of aliphatic carboxylic acids is 1. The first-order valence-electron chi connectivity index (χ1n) is 5.31. The Morgan fingerprint density at radius 2 is 1.74 bits per heavy atom. The van der Waals surface area contributed by atoms with Gasteiger partial charge < -0.3 is 15.7 Å². The quantitative estimate of drug-likeness (QED) is 0.569. The predicted molar refractivity (Wildman–Crippen MR) is 60.2 cm³/mol. The molecule has 0 aliphatic heterocycles. The largest absolute Gasteiger partial charge is 0.481 e. The molecule has 0 bridgehead atoms. The first kappa shape index (κ1) is 14.8. The van der Waals surface area contributed by atoms with Crippen molar-refractivity contribution in [3.8, 4) is 0 Å². The second kappa shape index (κ2) is 6.62. The number of hydrogen-bond donors (Lipinski definition) is 3. The fraction of sp³-hybridized carbons (Fsp3) is 0.273. The van der Waals surface area contributed by atoms with Crippen LogP contribution in [0.1, 0.15) is 12.8 Å². The Kier molecular flexibility index (Phi) is 5.16. The molecule has 2 amide bonds. The van der Waals surface area contributed by atoms with E-state index >= 15 is 0 Å². The number of carboxylic acids is 1. The van der Waals surface area contributed by atoms with Crippen LogP contribution in [-0.2, 0) is 4.79 Å². The van der Waals surface area contributed by atoms with Crippen molar-refractivity contribution in [1.82, 2.24) is 5.32 Å². The lowest BCUT2D eigenvalue weighted by atomic mass is 10.3. The number of nitrogens with one attached hydrogen (secondary N) is 2. The lowest BCUT2D eigenvalue weighted by Crippen LogP contribution is -2.29. The van der Waals surface area contributed by atoms with Crippen LogP contribution in [0.15, 0.2) is 12.1 Å². The van der Waals surface area contributed by atoms with Gasteiger partial charge in [-0.3, -0.25) is 4.79 Å². The van der Waals surface area contributed by atoms with Gasteiger partial charge in [-0.05, 0) is 6.42 Å². The zero-order valence-electron chi connectivity index (χ0n) is 9.67. The average Bonchev–Trinajstić information content (AvgIpc) is 2.31. The zero-order valence-corrected chi connectivity index (χ0v) is 9.67. The molecule has 1 aromatic rings. The maximum absolute atomic E-state index is 12.8. The van der Waals surface area contributed by atoms with E-state index in [2.05, 4.69) is 10.6 Å². The molecule has 19 heavy (non-hydrogen) atoms. The average molecular weight is 276 g/mol. The maximum Gasteiger partial charge on any atom is 0.319 e. The van der Waals surface area contributed by atoms with Crippen molar-refractivity contribution in [2.75, 3.05) is 11.9 Å². The van der Waals surface area contributed by atoms with Crippen LogP contribution >= 0.6 is 0 Å². The highest BCUT2D eigenvalue weighted by Gasteiger charge is 2.11. The van der Waals surface area contributed by atoms with Gasteiger partial charge in [0.1, 0.15) is 0 Å². The fourth-order valence-corrected chi connectivity index (χ4v) is 1.24. The third kappa shape index (κ3) is 4.86. The molecule has 5 nitrogen and oxygen atoms in total. The van der Waals surface area contributed by atoms with E-state index in [1.54, 1.807) is 0 Å². The van der Waals surface area contributed by atoms with Crippen LogP contribution < -0.4 is 10.6 Å². The highest BCUT2D eigenvalue weighted by atomic mass is 19.2. The first-order chi connectivity index (χ1) is 8.90. The summed E-state index contributed by atoms with van der Waals surface area (Å²) in [4.78, 5) is 21.5. The molecule has 0 radical (unpaired) electrons. The lowest BCUT2D eigenvalue weighted by molar-refractivity contribution is -0.137. The molecule has 8 heteroatoms. The molecular weight excluding hydrogens is 265 g/mol.